The molecule has 6 nitrogen and oxygen atoms in total. The largest absolute Gasteiger partial charge is 0.374 e. The zero-order chi connectivity index (χ0) is 15.7. The Kier molecular flexibility index (Phi) is 8.22. The highest BCUT2D eigenvalue weighted by Gasteiger charge is 2.07. The molecule has 0 aliphatic heterocycles. The number of hydrogen-bond donors (Lipinski definition) is 2. The molecule has 1 aromatic heterocycles. The SMILES string of the molecule is CCNc1cc(NCCC(C)S(C)=O)nc(COCC)n1. The Hall–Kier alpha value is -1.21. The van der Waals surface area contributed by atoms with Crippen molar-refractivity contribution < 1.29 is 8.95 Å². The summed E-state index contributed by atoms with van der Waals surface area (Å²) in [6.07, 6.45) is 2.57. The first-order valence-electron chi connectivity index (χ1n) is 7.32. The van der Waals surface area contributed by atoms with Crippen LogP contribution < -0.4 is 10.6 Å². The number of nitrogens with one attached hydrogen (secondary N) is 2. The predicted molar refractivity (Wildman–Crippen MR) is 88.2 cm³/mol. The molecule has 2 unspecified atom stereocenters. The molecule has 2 atom stereocenters. The third-order valence-electron chi connectivity index (χ3n) is 2.99. The molecule has 0 fully saturated rings. The van der Waals surface area contributed by atoms with Gasteiger partial charge in [-0.15, -0.1) is 0 Å². The summed E-state index contributed by atoms with van der Waals surface area (Å²) in [7, 11) is -0.789. The van der Waals surface area contributed by atoms with E-state index in [-0.39, 0.29) is 5.25 Å². The second kappa shape index (κ2) is 9.68. The standard InChI is InChI=1S/C14H26N4O2S/c1-5-15-12-9-13(16-8-7-11(3)21(4)19)18-14(17-12)10-20-6-2/h9,11H,5-8,10H2,1-4H3,(H2,15,16,17,18). The number of aromatic nitrogens is 2. The van der Waals surface area contributed by atoms with Gasteiger partial charge in [-0.2, -0.15) is 0 Å². The summed E-state index contributed by atoms with van der Waals surface area (Å²) in [5.74, 6) is 2.21. The van der Waals surface area contributed by atoms with Crippen molar-refractivity contribution in [3.8, 4) is 0 Å². The summed E-state index contributed by atoms with van der Waals surface area (Å²) < 4.78 is 16.7. The van der Waals surface area contributed by atoms with E-state index in [0.717, 1.165) is 31.1 Å². The molecule has 0 spiro atoms. The molecule has 0 aliphatic rings. The van der Waals surface area contributed by atoms with Gasteiger partial charge < -0.3 is 15.4 Å². The summed E-state index contributed by atoms with van der Waals surface area (Å²) in [4.78, 5) is 8.83. The topological polar surface area (TPSA) is 76.1 Å². The van der Waals surface area contributed by atoms with Gasteiger partial charge >= 0.3 is 0 Å². The molecule has 120 valence electrons. The van der Waals surface area contributed by atoms with E-state index in [1.807, 2.05) is 26.8 Å². The molecule has 0 aliphatic carbocycles. The minimum Gasteiger partial charge on any atom is -0.374 e. The van der Waals surface area contributed by atoms with Crippen LogP contribution >= 0.6 is 0 Å². The highest BCUT2D eigenvalue weighted by molar-refractivity contribution is 7.84. The fourth-order valence-electron chi connectivity index (χ4n) is 1.69. The van der Waals surface area contributed by atoms with Gasteiger partial charge in [0.05, 0.1) is 0 Å². The highest BCUT2D eigenvalue weighted by Crippen LogP contribution is 2.12. The van der Waals surface area contributed by atoms with Crippen LogP contribution in [-0.2, 0) is 22.1 Å². The van der Waals surface area contributed by atoms with Crippen molar-refractivity contribution in [3.63, 3.8) is 0 Å². The lowest BCUT2D eigenvalue weighted by Gasteiger charge is -2.12. The molecular weight excluding hydrogens is 288 g/mol. The maximum atomic E-state index is 11.3. The molecule has 2 N–H and O–H groups in total. The summed E-state index contributed by atoms with van der Waals surface area (Å²) in [6.45, 7) is 8.53. The number of anilines is 2. The first-order chi connectivity index (χ1) is 10.1. The summed E-state index contributed by atoms with van der Waals surface area (Å²) in [6, 6.07) is 1.88. The van der Waals surface area contributed by atoms with Gasteiger partial charge in [-0.25, -0.2) is 9.97 Å². The van der Waals surface area contributed by atoms with Gasteiger partial charge in [0.1, 0.15) is 18.2 Å². The van der Waals surface area contributed by atoms with E-state index >= 15 is 0 Å². The number of rotatable bonds is 10. The smallest absolute Gasteiger partial charge is 0.158 e. The maximum Gasteiger partial charge on any atom is 0.158 e. The molecule has 0 amide bonds. The molecule has 1 rings (SSSR count). The van der Waals surface area contributed by atoms with Crippen molar-refractivity contribution in [1.82, 2.24) is 9.97 Å². The molecule has 1 heterocycles. The van der Waals surface area contributed by atoms with Crippen LogP contribution in [0, 0.1) is 0 Å². The van der Waals surface area contributed by atoms with Crippen molar-refractivity contribution in [2.75, 3.05) is 36.6 Å². The van der Waals surface area contributed by atoms with Crippen LogP contribution in [0.3, 0.4) is 0 Å². The first-order valence-corrected chi connectivity index (χ1v) is 8.94. The maximum absolute atomic E-state index is 11.3. The number of nitrogens with zero attached hydrogens (tertiary/aromatic N) is 2. The molecule has 0 saturated heterocycles. The summed E-state index contributed by atoms with van der Waals surface area (Å²) in [5.41, 5.74) is 0. The van der Waals surface area contributed by atoms with Gasteiger partial charge in [0.25, 0.3) is 0 Å². The van der Waals surface area contributed by atoms with E-state index in [1.54, 1.807) is 6.26 Å². The van der Waals surface area contributed by atoms with E-state index in [1.165, 1.54) is 0 Å². The van der Waals surface area contributed by atoms with E-state index in [9.17, 15) is 4.21 Å². The average Bonchev–Trinajstić information content (AvgIpc) is 2.45. The summed E-state index contributed by atoms with van der Waals surface area (Å²) in [5, 5.41) is 6.63. The Bertz CT molecular complexity index is 457. The molecule has 0 saturated carbocycles. The highest BCUT2D eigenvalue weighted by atomic mass is 32.2. The summed E-state index contributed by atoms with van der Waals surface area (Å²) >= 11 is 0. The minimum absolute atomic E-state index is 0.176. The van der Waals surface area contributed by atoms with Crippen molar-refractivity contribution in [3.05, 3.63) is 11.9 Å². The molecule has 1 aromatic rings. The second-order valence-corrected chi connectivity index (χ2v) is 6.55. The molecule has 7 heteroatoms. The van der Waals surface area contributed by atoms with Gasteiger partial charge in [0, 0.05) is 48.1 Å². The van der Waals surface area contributed by atoms with Gasteiger partial charge in [-0.05, 0) is 20.3 Å². The Labute approximate surface area is 129 Å². The third kappa shape index (κ3) is 6.86. The van der Waals surface area contributed by atoms with Crippen LogP contribution in [-0.4, -0.2) is 45.4 Å². The third-order valence-corrected chi connectivity index (χ3v) is 4.36. The van der Waals surface area contributed by atoms with Gasteiger partial charge in [0.15, 0.2) is 5.82 Å². The molecular formula is C14H26N4O2S. The lowest BCUT2D eigenvalue weighted by Crippen LogP contribution is -2.16. The molecule has 0 aromatic carbocycles. The Balaban J connectivity index is 2.66. The van der Waals surface area contributed by atoms with Gasteiger partial charge in [0.2, 0.25) is 0 Å². The fraction of sp³-hybridized carbons (Fsp3) is 0.714. The Morgan fingerprint density at radius 2 is 1.95 bits per heavy atom. The van der Waals surface area contributed by atoms with Crippen molar-refractivity contribution >= 4 is 22.4 Å². The number of hydrogen-bond acceptors (Lipinski definition) is 6. The van der Waals surface area contributed by atoms with E-state index in [4.69, 9.17) is 4.74 Å². The molecule has 0 bridgehead atoms. The Morgan fingerprint density at radius 3 is 2.52 bits per heavy atom. The van der Waals surface area contributed by atoms with E-state index in [2.05, 4.69) is 20.6 Å². The van der Waals surface area contributed by atoms with Crippen LogP contribution in [0.2, 0.25) is 0 Å². The van der Waals surface area contributed by atoms with Crippen LogP contribution in [0.25, 0.3) is 0 Å². The minimum atomic E-state index is -0.789. The predicted octanol–water partition coefficient (Wildman–Crippen LogP) is 2.01. The average molecular weight is 314 g/mol. The van der Waals surface area contributed by atoms with E-state index in [0.29, 0.717) is 19.0 Å². The quantitative estimate of drug-likeness (QED) is 0.688. The lowest BCUT2D eigenvalue weighted by molar-refractivity contribution is 0.128. The first kappa shape index (κ1) is 17.8. The molecule has 0 radical (unpaired) electrons. The van der Waals surface area contributed by atoms with Crippen LogP contribution in [0.4, 0.5) is 11.6 Å². The lowest BCUT2D eigenvalue weighted by atomic mass is 10.3. The second-order valence-electron chi connectivity index (χ2n) is 4.75. The normalized spacial score (nSPS) is 13.7. The zero-order valence-corrected chi connectivity index (χ0v) is 14.1. The van der Waals surface area contributed by atoms with Gasteiger partial charge in [-0.3, -0.25) is 4.21 Å². The van der Waals surface area contributed by atoms with Crippen LogP contribution in [0.15, 0.2) is 6.07 Å². The van der Waals surface area contributed by atoms with E-state index < -0.39 is 10.8 Å². The fourth-order valence-corrected chi connectivity index (χ4v) is 2.14. The monoisotopic (exact) mass is 314 g/mol. The number of ether oxygens (including phenoxy) is 1. The van der Waals surface area contributed by atoms with Crippen molar-refractivity contribution in [1.29, 1.82) is 0 Å². The van der Waals surface area contributed by atoms with Crippen LogP contribution in [0.1, 0.15) is 33.0 Å². The van der Waals surface area contributed by atoms with Crippen molar-refractivity contribution in [2.45, 2.75) is 39.0 Å². The van der Waals surface area contributed by atoms with Crippen LogP contribution in [0.5, 0.6) is 0 Å². The zero-order valence-electron chi connectivity index (χ0n) is 13.3. The van der Waals surface area contributed by atoms with Gasteiger partial charge in [-0.1, -0.05) is 6.92 Å². The molecule has 21 heavy (non-hydrogen) atoms. The van der Waals surface area contributed by atoms with Crippen molar-refractivity contribution in [2.24, 2.45) is 0 Å². The Morgan fingerprint density at radius 1 is 1.29 bits per heavy atom.